The molecule has 1 fully saturated rings. The van der Waals surface area contributed by atoms with Crippen molar-refractivity contribution in [3.63, 3.8) is 0 Å². The lowest BCUT2D eigenvalue weighted by atomic mass is 10.1. The number of benzene rings is 1. The quantitative estimate of drug-likeness (QED) is 0.893. The van der Waals surface area contributed by atoms with Crippen LogP contribution in [0, 0.1) is 0 Å². The average Bonchev–Trinajstić information content (AvgIpc) is 2.41. The molecule has 0 bridgehead atoms. The second-order valence-corrected chi connectivity index (χ2v) is 5.61. The lowest BCUT2D eigenvalue weighted by Crippen LogP contribution is -2.48. The van der Waals surface area contributed by atoms with E-state index in [1.165, 1.54) is 5.56 Å². The van der Waals surface area contributed by atoms with Crippen LogP contribution in [-0.2, 0) is 16.0 Å². The first-order chi connectivity index (χ1) is 9.16. The summed E-state index contributed by atoms with van der Waals surface area (Å²) in [5.41, 5.74) is 6.59. The number of primary amides is 1. The van der Waals surface area contributed by atoms with Crippen molar-refractivity contribution in [2.45, 2.75) is 18.9 Å². The molecule has 0 radical (unpaired) electrons. The Kier molecular flexibility index (Phi) is 5.36. The SMILES string of the molecule is NC(=O)[C@H]1CN(CCCc2ccccc2Br)CCO1. The Balaban J connectivity index is 1.77. The van der Waals surface area contributed by atoms with Crippen LogP contribution in [0.5, 0.6) is 0 Å². The van der Waals surface area contributed by atoms with E-state index in [4.69, 9.17) is 10.5 Å². The molecule has 1 aliphatic rings. The van der Waals surface area contributed by atoms with Crippen molar-refractivity contribution in [1.82, 2.24) is 4.90 Å². The zero-order valence-corrected chi connectivity index (χ0v) is 12.4. The Morgan fingerprint density at radius 1 is 1.47 bits per heavy atom. The van der Waals surface area contributed by atoms with E-state index < -0.39 is 6.10 Å². The molecule has 1 atom stereocenters. The summed E-state index contributed by atoms with van der Waals surface area (Å²) in [6, 6.07) is 8.27. The topological polar surface area (TPSA) is 55.6 Å². The van der Waals surface area contributed by atoms with E-state index in [1.54, 1.807) is 0 Å². The van der Waals surface area contributed by atoms with Gasteiger partial charge in [-0.3, -0.25) is 9.69 Å². The number of amides is 1. The Morgan fingerprint density at radius 2 is 2.26 bits per heavy atom. The van der Waals surface area contributed by atoms with Crippen LogP contribution >= 0.6 is 15.9 Å². The van der Waals surface area contributed by atoms with E-state index in [1.807, 2.05) is 6.07 Å². The van der Waals surface area contributed by atoms with Crippen molar-refractivity contribution in [3.8, 4) is 0 Å². The normalized spacial score (nSPS) is 20.4. The van der Waals surface area contributed by atoms with Crippen molar-refractivity contribution in [2.75, 3.05) is 26.2 Å². The first-order valence-electron chi connectivity index (χ1n) is 6.53. The number of ether oxygens (including phenoxy) is 1. The molecule has 5 heteroatoms. The number of halogens is 1. The smallest absolute Gasteiger partial charge is 0.247 e. The van der Waals surface area contributed by atoms with E-state index in [-0.39, 0.29) is 5.91 Å². The van der Waals surface area contributed by atoms with Gasteiger partial charge in [0.05, 0.1) is 6.61 Å². The highest BCUT2D eigenvalue weighted by molar-refractivity contribution is 9.10. The molecule has 1 amide bonds. The second-order valence-electron chi connectivity index (χ2n) is 4.76. The van der Waals surface area contributed by atoms with Gasteiger partial charge in [0.15, 0.2) is 0 Å². The first-order valence-corrected chi connectivity index (χ1v) is 7.33. The van der Waals surface area contributed by atoms with E-state index in [0.29, 0.717) is 13.2 Å². The molecule has 19 heavy (non-hydrogen) atoms. The average molecular weight is 327 g/mol. The molecule has 1 heterocycles. The lowest BCUT2D eigenvalue weighted by Gasteiger charge is -2.31. The van der Waals surface area contributed by atoms with Gasteiger partial charge in [-0.15, -0.1) is 0 Å². The molecule has 104 valence electrons. The highest BCUT2D eigenvalue weighted by Crippen LogP contribution is 2.17. The standard InChI is InChI=1S/C14H19BrN2O2/c15-12-6-2-1-4-11(12)5-3-7-17-8-9-19-13(10-17)14(16)18/h1-2,4,6,13H,3,5,7-10H2,(H2,16,18)/t13-/m1/s1. The number of aryl methyl sites for hydroxylation is 1. The van der Waals surface area contributed by atoms with Gasteiger partial charge in [0.25, 0.3) is 0 Å². The largest absolute Gasteiger partial charge is 0.367 e. The lowest BCUT2D eigenvalue weighted by molar-refractivity contribution is -0.135. The van der Waals surface area contributed by atoms with Gasteiger partial charge in [-0.25, -0.2) is 0 Å². The molecular weight excluding hydrogens is 308 g/mol. The van der Waals surface area contributed by atoms with Crippen molar-refractivity contribution >= 4 is 21.8 Å². The fourth-order valence-corrected chi connectivity index (χ4v) is 2.76. The van der Waals surface area contributed by atoms with Crippen molar-refractivity contribution in [2.24, 2.45) is 5.73 Å². The molecule has 0 aliphatic carbocycles. The molecule has 1 aromatic rings. The number of rotatable bonds is 5. The molecule has 0 spiro atoms. The van der Waals surface area contributed by atoms with Crippen LogP contribution in [0.1, 0.15) is 12.0 Å². The number of hydrogen-bond donors (Lipinski definition) is 1. The third kappa shape index (κ3) is 4.30. The molecule has 2 N–H and O–H groups in total. The summed E-state index contributed by atoms with van der Waals surface area (Å²) in [7, 11) is 0. The molecule has 1 saturated heterocycles. The van der Waals surface area contributed by atoms with Gasteiger partial charge < -0.3 is 10.5 Å². The minimum atomic E-state index is -0.447. The monoisotopic (exact) mass is 326 g/mol. The molecule has 0 aromatic heterocycles. The third-order valence-electron chi connectivity index (χ3n) is 3.35. The van der Waals surface area contributed by atoms with Crippen LogP contribution < -0.4 is 5.73 Å². The predicted molar refractivity (Wildman–Crippen MR) is 77.8 cm³/mol. The minimum absolute atomic E-state index is 0.365. The van der Waals surface area contributed by atoms with Gasteiger partial charge in [0.1, 0.15) is 6.10 Å². The number of morpholine rings is 1. The summed E-state index contributed by atoms with van der Waals surface area (Å²) < 4.78 is 6.49. The van der Waals surface area contributed by atoms with Crippen molar-refractivity contribution in [1.29, 1.82) is 0 Å². The van der Waals surface area contributed by atoms with Crippen LogP contribution in [0.4, 0.5) is 0 Å². The number of carbonyl (C=O) groups is 1. The minimum Gasteiger partial charge on any atom is -0.367 e. The van der Waals surface area contributed by atoms with Crippen molar-refractivity contribution < 1.29 is 9.53 Å². The maximum Gasteiger partial charge on any atom is 0.247 e. The molecular formula is C14H19BrN2O2. The summed E-state index contributed by atoms with van der Waals surface area (Å²) in [6.45, 7) is 3.04. The van der Waals surface area contributed by atoms with Gasteiger partial charge in [-0.1, -0.05) is 34.1 Å². The molecule has 4 nitrogen and oxygen atoms in total. The molecule has 2 rings (SSSR count). The molecule has 0 saturated carbocycles. The van der Waals surface area contributed by atoms with Crippen LogP contribution in [0.25, 0.3) is 0 Å². The fraction of sp³-hybridized carbons (Fsp3) is 0.500. The fourth-order valence-electron chi connectivity index (χ4n) is 2.27. The van der Waals surface area contributed by atoms with Crippen LogP contribution in [0.15, 0.2) is 28.7 Å². The zero-order chi connectivity index (χ0) is 13.7. The van der Waals surface area contributed by atoms with Gasteiger partial charge >= 0.3 is 0 Å². The summed E-state index contributed by atoms with van der Waals surface area (Å²) in [5.74, 6) is -0.365. The predicted octanol–water partition coefficient (Wildman–Crippen LogP) is 1.57. The van der Waals surface area contributed by atoms with E-state index >= 15 is 0 Å². The maximum absolute atomic E-state index is 11.1. The Bertz CT molecular complexity index is 439. The second kappa shape index (κ2) is 7.03. The summed E-state index contributed by atoms with van der Waals surface area (Å²) >= 11 is 3.56. The number of carbonyl (C=O) groups excluding carboxylic acids is 1. The molecule has 1 aromatic carbocycles. The van der Waals surface area contributed by atoms with Gasteiger partial charge in [0.2, 0.25) is 5.91 Å². The summed E-state index contributed by atoms with van der Waals surface area (Å²) in [6.07, 6.45) is 1.64. The maximum atomic E-state index is 11.1. The summed E-state index contributed by atoms with van der Waals surface area (Å²) in [5, 5.41) is 0. The van der Waals surface area contributed by atoms with Gasteiger partial charge in [0, 0.05) is 17.6 Å². The van der Waals surface area contributed by atoms with Crippen molar-refractivity contribution in [3.05, 3.63) is 34.3 Å². The third-order valence-corrected chi connectivity index (χ3v) is 4.12. The Hall–Kier alpha value is -0.910. The van der Waals surface area contributed by atoms with Gasteiger partial charge in [-0.2, -0.15) is 0 Å². The molecule has 1 aliphatic heterocycles. The highest BCUT2D eigenvalue weighted by atomic mass is 79.9. The number of hydrogen-bond acceptors (Lipinski definition) is 3. The number of nitrogens with zero attached hydrogens (tertiary/aromatic N) is 1. The van der Waals surface area contributed by atoms with Crippen LogP contribution in [0.2, 0.25) is 0 Å². The summed E-state index contributed by atoms with van der Waals surface area (Å²) in [4.78, 5) is 13.4. The highest BCUT2D eigenvalue weighted by Gasteiger charge is 2.24. The molecule has 0 unspecified atom stereocenters. The van der Waals surface area contributed by atoms with Crippen LogP contribution in [-0.4, -0.2) is 43.2 Å². The van der Waals surface area contributed by atoms with Gasteiger partial charge in [-0.05, 0) is 31.0 Å². The Labute approximate surface area is 122 Å². The first kappa shape index (κ1) is 14.5. The number of nitrogens with two attached hydrogens (primary N) is 1. The van der Waals surface area contributed by atoms with E-state index in [9.17, 15) is 4.79 Å². The van der Waals surface area contributed by atoms with E-state index in [2.05, 4.69) is 39.0 Å². The Morgan fingerprint density at radius 3 is 3.00 bits per heavy atom. The zero-order valence-electron chi connectivity index (χ0n) is 10.8. The van der Waals surface area contributed by atoms with Crippen LogP contribution in [0.3, 0.4) is 0 Å². The van der Waals surface area contributed by atoms with E-state index in [0.717, 1.165) is 30.4 Å².